The zero-order chi connectivity index (χ0) is 12.7. The zero-order valence-corrected chi connectivity index (χ0v) is 10.6. The molecule has 0 radical (unpaired) electrons. The molecular formula is C12H17FN2OS. The Labute approximate surface area is 105 Å². The summed E-state index contributed by atoms with van der Waals surface area (Å²) < 4.78 is 13.0. The summed E-state index contributed by atoms with van der Waals surface area (Å²) >= 11 is 1.28. The summed E-state index contributed by atoms with van der Waals surface area (Å²) in [5.74, 6) is -0.128. The Kier molecular flexibility index (Phi) is 5.83. The quantitative estimate of drug-likeness (QED) is 0.467. The van der Waals surface area contributed by atoms with Crippen LogP contribution in [0.5, 0.6) is 0 Å². The van der Waals surface area contributed by atoms with Crippen molar-refractivity contribution in [2.24, 2.45) is 0 Å². The molecule has 0 bridgehead atoms. The minimum absolute atomic E-state index is 0.0358. The number of hydrogen-bond donors (Lipinski definition) is 2. The minimum atomic E-state index is -0.376. The van der Waals surface area contributed by atoms with E-state index in [4.69, 9.17) is 5.73 Å². The molecule has 0 saturated heterocycles. The maximum atomic E-state index is 13.0. The van der Waals surface area contributed by atoms with Gasteiger partial charge in [-0.2, -0.15) is 0 Å². The van der Waals surface area contributed by atoms with Gasteiger partial charge in [0.15, 0.2) is 0 Å². The van der Waals surface area contributed by atoms with Gasteiger partial charge in [0.2, 0.25) is 5.91 Å². The van der Waals surface area contributed by atoms with Crippen LogP contribution in [0.2, 0.25) is 0 Å². The highest BCUT2D eigenvalue weighted by Gasteiger charge is 2.04. The number of nitrogens with two attached hydrogens (primary N) is 1. The van der Waals surface area contributed by atoms with Crippen LogP contribution < -0.4 is 11.1 Å². The molecule has 17 heavy (non-hydrogen) atoms. The number of hydrogen-bond acceptors (Lipinski definition) is 3. The molecule has 0 aliphatic heterocycles. The van der Waals surface area contributed by atoms with E-state index in [-0.39, 0.29) is 17.5 Å². The number of rotatable bonds is 6. The number of carbonyl (C=O) groups excluding carboxylic acids is 1. The van der Waals surface area contributed by atoms with E-state index >= 15 is 0 Å². The standard InChI is InChI=1S/C12H17FN2OS/c1-2-3-4-15-12(16)8-17-11-6-9(13)5-10(14)7-11/h5-7H,2-4,8,14H2,1H3,(H,15,16). The number of benzene rings is 1. The Hall–Kier alpha value is -1.23. The molecular weight excluding hydrogens is 239 g/mol. The third kappa shape index (κ3) is 5.58. The normalized spacial score (nSPS) is 10.2. The molecule has 94 valence electrons. The maximum Gasteiger partial charge on any atom is 0.230 e. The number of unbranched alkanes of at least 4 members (excludes halogenated alkanes) is 1. The van der Waals surface area contributed by atoms with E-state index in [0.717, 1.165) is 12.8 Å². The first-order chi connectivity index (χ1) is 8.11. The first-order valence-electron chi connectivity index (χ1n) is 5.57. The summed E-state index contributed by atoms with van der Waals surface area (Å²) in [4.78, 5) is 12.1. The van der Waals surface area contributed by atoms with E-state index in [2.05, 4.69) is 12.2 Å². The smallest absolute Gasteiger partial charge is 0.230 e. The highest BCUT2D eigenvalue weighted by Crippen LogP contribution is 2.21. The predicted octanol–water partition coefficient (Wildman–Crippen LogP) is 2.42. The van der Waals surface area contributed by atoms with Crippen LogP contribution >= 0.6 is 11.8 Å². The molecule has 0 aromatic heterocycles. The second kappa shape index (κ2) is 7.17. The van der Waals surface area contributed by atoms with E-state index in [9.17, 15) is 9.18 Å². The average molecular weight is 256 g/mol. The first-order valence-corrected chi connectivity index (χ1v) is 6.56. The Morgan fingerprint density at radius 2 is 2.24 bits per heavy atom. The molecule has 1 rings (SSSR count). The lowest BCUT2D eigenvalue weighted by Gasteiger charge is -2.05. The highest BCUT2D eigenvalue weighted by molar-refractivity contribution is 8.00. The van der Waals surface area contributed by atoms with Crippen molar-refractivity contribution in [3.63, 3.8) is 0 Å². The van der Waals surface area contributed by atoms with E-state index < -0.39 is 0 Å². The molecule has 0 heterocycles. The largest absolute Gasteiger partial charge is 0.399 e. The number of amides is 1. The summed E-state index contributed by atoms with van der Waals surface area (Å²) in [5, 5.41) is 2.80. The van der Waals surface area contributed by atoms with Crippen LogP contribution in [0, 0.1) is 5.82 Å². The summed E-state index contributed by atoms with van der Waals surface area (Å²) in [6, 6.07) is 4.29. The molecule has 3 nitrogen and oxygen atoms in total. The lowest BCUT2D eigenvalue weighted by molar-refractivity contribution is -0.118. The lowest BCUT2D eigenvalue weighted by atomic mass is 10.3. The Morgan fingerprint density at radius 1 is 1.47 bits per heavy atom. The summed E-state index contributed by atoms with van der Waals surface area (Å²) in [5.41, 5.74) is 5.88. The van der Waals surface area contributed by atoms with Crippen molar-refractivity contribution in [3.05, 3.63) is 24.0 Å². The third-order valence-corrected chi connectivity index (χ3v) is 3.09. The molecule has 0 spiro atoms. The van der Waals surface area contributed by atoms with Crippen LogP contribution in [0.4, 0.5) is 10.1 Å². The number of halogens is 1. The maximum absolute atomic E-state index is 13.0. The molecule has 1 aromatic rings. The van der Waals surface area contributed by atoms with Crippen LogP contribution in [0.15, 0.2) is 23.1 Å². The summed E-state index contributed by atoms with van der Waals surface area (Å²) in [6.07, 6.45) is 2.02. The number of anilines is 1. The van der Waals surface area contributed by atoms with E-state index in [1.165, 1.54) is 23.9 Å². The van der Waals surface area contributed by atoms with E-state index in [1.54, 1.807) is 6.07 Å². The van der Waals surface area contributed by atoms with Crippen LogP contribution in [0.3, 0.4) is 0 Å². The van der Waals surface area contributed by atoms with Crippen molar-refractivity contribution < 1.29 is 9.18 Å². The second-order valence-electron chi connectivity index (χ2n) is 3.71. The lowest BCUT2D eigenvalue weighted by Crippen LogP contribution is -2.25. The third-order valence-electron chi connectivity index (χ3n) is 2.12. The molecule has 0 aliphatic rings. The molecule has 1 aromatic carbocycles. The molecule has 0 saturated carbocycles. The zero-order valence-electron chi connectivity index (χ0n) is 9.83. The van der Waals surface area contributed by atoms with E-state index in [0.29, 0.717) is 17.1 Å². The predicted molar refractivity (Wildman–Crippen MR) is 69.5 cm³/mol. The number of nitrogen functional groups attached to an aromatic ring is 1. The van der Waals surface area contributed by atoms with E-state index in [1.807, 2.05) is 0 Å². The molecule has 0 fully saturated rings. The van der Waals surface area contributed by atoms with Gasteiger partial charge in [0.05, 0.1) is 5.75 Å². The Balaban J connectivity index is 2.36. The van der Waals surface area contributed by atoms with Crippen molar-refractivity contribution in [1.29, 1.82) is 0 Å². The van der Waals surface area contributed by atoms with Crippen LogP contribution in [-0.4, -0.2) is 18.2 Å². The number of carbonyl (C=O) groups is 1. The molecule has 1 amide bonds. The molecule has 3 N–H and O–H groups in total. The second-order valence-corrected chi connectivity index (χ2v) is 4.76. The van der Waals surface area contributed by atoms with Crippen molar-refractivity contribution in [2.45, 2.75) is 24.7 Å². The summed E-state index contributed by atoms with van der Waals surface area (Å²) in [6.45, 7) is 2.76. The van der Waals surface area contributed by atoms with Gasteiger partial charge in [-0.05, 0) is 24.6 Å². The van der Waals surface area contributed by atoms with Gasteiger partial charge in [-0.25, -0.2) is 4.39 Å². The number of thioether (sulfide) groups is 1. The first kappa shape index (κ1) is 13.8. The summed E-state index contributed by atoms with van der Waals surface area (Å²) in [7, 11) is 0. The number of nitrogens with one attached hydrogen (secondary N) is 1. The molecule has 0 unspecified atom stereocenters. The highest BCUT2D eigenvalue weighted by atomic mass is 32.2. The van der Waals surface area contributed by atoms with Crippen molar-refractivity contribution in [3.8, 4) is 0 Å². The molecule has 0 atom stereocenters. The van der Waals surface area contributed by atoms with Crippen molar-refractivity contribution in [1.82, 2.24) is 5.32 Å². The minimum Gasteiger partial charge on any atom is -0.399 e. The van der Waals surface area contributed by atoms with Gasteiger partial charge >= 0.3 is 0 Å². The monoisotopic (exact) mass is 256 g/mol. The van der Waals surface area contributed by atoms with Crippen LogP contribution in [0.25, 0.3) is 0 Å². The molecule has 5 heteroatoms. The van der Waals surface area contributed by atoms with Gasteiger partial charge in [0, 0.05) is 17.1 Å². The van der Waals surface area contributed by atoms with Gasteiger partial charge in [-0.3, -0.25) is 4.79 Å². The van der Waals surface area contributed by atoms with Crippen LogP contribution in [0.1, 0.15) is 19.8 Å². The van der Waals surface area contributed by atoms with Gasteiger partial charge in [0.25, 0.3) is 0 Å². The SMILES string of the molecule is CCCCNC(=O)CSc1cc(N)cc(F)c1. The van der Waals surface area contributed by atoms with Crippen LogP contribution in [-0.2, 0) is 4.79 Å². The fraction of sp³-hybridized carbons (Fsp3) is 0.417. The van der Waals surface area contributed by atoms with Gasteiger partial charge in [0.1, 0.15) is 5.82 Å². The fourth-order valence-electron chi connectivity index (χ4n) is 1.27. The van der Waals surface area contributed by atoms with Gasteiger partial charge in [-0.1, -0.05) is 13.3 Å². The Bertz CT molecular complexity index is 365. The van der Waals surface area contributed by atoms with Crippen molar-refractivity contribution >= 4 is 23.4 Å². The Morgan fingerprint density at radius 3 is 2.88 bits per heavy atom. The fourth-order valence-corrected chi connectivity index (χ4v) is 2.09. The van der Waals surface area contributed by atoms with Gasteiger partial charge < -0.3 is 11.1 Å². The van der Waals surface area contributed by atoms with Gasteiger partial charge in [-0.15, -0.1) is 11.8 Å². The topological polar surface area (TPSA) is 55.1 Å². The molecule has 0 aliphatic carbocycles. The van der Waals surface area contributed by atoms with Crippen molar-refractivity contribution in [2.75, 3.05) is 18.0 Å². The average Bonchev–Trinajstić information content (AvgIpc) is 2.25.